The molecule has 0 spiro atoms. The lowest BCUT2D eigenvalue weighted by Crippen LogP contribution is -2.41. The van der Waals surface area contributed by atoms with Crippen LogP contribution in [0.1, 0.15) is 18.9 Å². The molecular formula is C13H19NO4S. The lowest BCUT2D eigenvalue weighted by molar-refractivity contribution is 0.120. The number of aryl methyl sites for hydroxylation is 1. The Morgan fingerprint density at radius 3 is 2.42 bits per heavy atom. The van der Waals surface area contributed by atoms with Crippen molar-refractivity contribution in [3.8, 4) is 0 Å². The van der Waals surface area contributed by atoms with Crippen molar-refractivity contribution in [1.82, 2.24) is 4.31 Å². The number of hydrogen-bond donors (Lipinski definition) is 2. The number of aliphatic hydroxyl groups excluding tert-OH is 2. The van der Waals surface area contributed by atoms with E-state index in [-0.39, 0.29) is 17.9 Å². The highest BCUT2D eigenvalue weighted by molar-refractivity contribution is 7.89. The number of sulfonamides is 1. The van der Waals surface area contributed by atoms with Gasteiger partial charge in [0, 0.05) is 6.54 Å². The first kappa shape index (κ1) is 14.5. The Labute approximate surface area is 113 Å². The summed E-state index contributed by atoms with van der Waals surface area (Å²) in [5, 5.41) is 19.3. The van der Waals surface area contributed by atoms with E-state index in [2.05, 4.69) is 0 Å². The minimum Gasteiger partial charge on any atom is -0.392 e. The van der Waals surface area contributed by atoms with Crippen LogP contribution < -0.4 is 0 Å². The second kappa shape index (κ2) is 5.20. The molecule has 6 heteroatoms. The summed E-state index contributed by atoms with van der Waals surface area (Å²) in [5.74, 6) is 0. The molecule has 1 saturated heterocycles. The maximum Gasteiger partial charge on any atom is 0.243 e. The summed E-state index contributed by atoms with van der Waals surface area (Å²) in [4.78, 5) is 0.192. The molecule has 0 bridgehead atoms. The van der Waals surface area contributed by atoms with Gasteiger partial charge in [-0.15, -0.1) is 0 Å². The van der Waals surface area contributed by atoms with Gasteiger partial charge in [0.1, 0.15) is 0 Å². The van der Waals surface area contributed by atoms with Gasteiger partial charge in [0.05, 0.1) is 23.1 Å². The molecule has 1 aromatic carbocycles. The molecule has 0 aromatic heterocycles. The van der Waals surface area contributed by atoms with Crippen LogP contribution in [0.25, 0.3) is 0 Å². The maximum absolute atomic E-state index is 12.5. The molecule has 1 aliphatic rings. The van der Waals surface area contributed by atoms with Crippen molar-refractivity contribution in [2.75, 3.05) is 6.54 Å². The van der Waals surface area contributed by atoms with Gasteiger partial charge >= 0.3 is 0 Å². The van der Waals surface area contributed by atoms with Crippen LogP contribution in [0.15, 0.2) is 29.2 Å². The average Bonchev–Trinajstić information content (AvgIpc) is 2.73. The van der Waals surface area contributed by atoms with Gasteiger partial charge < -0.3 is 10.2 Å². The molecule has 2 N–H and O–H groups in total. The average molecular weight is 285 g/mol. The fourth-order valence-electron chi connectivity index (χ4n) is 2.37. The van der Waals surface area contributed by atoms with Crippen LogP contribution in [-0.2, 0) is 10.0 Å². The van der Waals surface area contributed by atoms with Crippen molar-refractivity contribution in [2.45, 2.75) is 43.4 Å². The van der Waals surface area contributed by atoms with E-state index in [1.54, 1.807) is 31.2 Å². The third-order valence-corrected chi connectivity index (χ3v) is 5.36. The summed E-state index contributed by atoms with van der Waals surface area (Å²) in [6, 6.07) is 6.00. The highest BCUT2D eigenvalue weighted by Crippen LogP contribution is 2.28. The van der Waals surface area contributed by atoms with Crippen LogP contribution in [0.5, 0.6) is 0 Å². The van der Waals surface area contributed by atoms with E-state index in [1.807, 2.05) is 6.92 Å². The molecule has 1 aliphatic heterocycles. The van der Waals surface area contributed by atoms with E-state index in [9.17, 15) is 18.6 Å². The van der Waals surface area contributed by atoms with Gasteiger partial charge in [-0.1, -0.05) is 17.7 Å². The molecule has 0 radical (unpaired) electrons. The topological polar surface area (TPSA) is 77.8 Å². The van der Waals surface area contributed by atoms with Crippen molar-refractivity contribution in [3.05, 3.63) is 29.8 Å². The Hall–Kier alpha value is -0.950. The van der Waals surface area contributed by atoms with Gasteiger partial charge in [-0.25, -0.2) is 8.42 Å². The first-order valence-corrected chi connectivity index (χ1v) is 7.71. The third-order valence-electron chi connectivity index (χ3n) is 3.46. The second-order valence-electron chi connectivity index (χ2n) is 5.09. The minimum absolute atomic E-state index is 0.0335. The summed E-state index contributed by atoms with van der Waals surface area (Å²) in [5.41, 5.74) is 0.979. The van der Waals surface area contributed by atoms with Crippen LogP contribution in [-0.4, -0.2) is 47.7 Å². The first-order valence-electron chi connectivity index (χ1n) is 6.27. The zero-order valence-electron chi connectivity index (χ0n) is 11.0. The summed E-state index contributed by atoms with van der Waals surface area (Å²) < 4.78 is 26.2. The smallest absolute Gasteiger partial charge is 0.243 e. The fourth-order valence-corrected chi connectivity index (χ4v) is 4.11. The number of nitrogens with zero attached hydrogens (tertiary/aromatic N) is 1. The van der Waals surface area contributed by atoms with Crippen LogP contribution >= 0.6 is 0 Å². The Kier molecular flexibility index (Phi) is 3.96. The van der Waals surface area contributed by atoms with Gasteiger partial charge in [-0.3, -0.25) is 0 Å². The zero-order chi connectivity index (χ0) is 14.2. The van der Waals surface area contributed by atoms with Crippen LogP contribution in [0.4, 0.5) is 0 Å². The summed E-state index contributed by atoms with van der Waals surface area (Å²) >= 11 is 0. The molecule has 3 atom stereocenters. The van der Waals surface area contributed by atoms with E-state index < -0.39 is 28.3 Å². The number of β-amino-alcohol motifs (C(OH)–C–C–N with tert-alkyl or cyclic N) is 1. The molecule has 0 saturated carbocycles. The van der Waals surface area contributed by atoms with Gasteiger partial charge in [-0.2, -0.15) is 4.31 Å². The molecule has 1 aromatic rings. The molecule has 0 aliphatic carbocycles. The van der Waals surface area contributed by atoms with Crippen molar-refractivity contribution in [2.24, 2.45) is 0 Å². The molecule has 2 rings (SSSR count). The monoisotopic (exact) mass is 285 g/mol. The normalized spacial score (nSPS) is 26.5. The van der Waals surface area contributed by atoms with Gasteiger partial charge in [0.2, 0.25) is 10.0 Å². The predicted octanol–water partition coefficient (Wildman–Crippen LogP) is 0.500. The van der Waals surface area contributed by atoms with Crippen molar-refractivity contribution in [1.29, 1.82) is 0 Å². The van der Waals surface area contributed by atoms with Gasteiger partial charge in [0.15, 0.2) is 0 Å². The number of hydrogen-bond acceptors (Lipinski definition) is 4. The Balaban J connectivity index is 2.36. The quantitative estimate of drug-likeness (QED) is 0.848. The standard InChI is InChI=1S/C13H19NO4S/c1-9-3-5-12(6-4-9)19(17,18)14-8-11(16)7-13(14)10(2)15/h3-6,10-11,13,15-16H,7-8H2,1-2H3/t10-,11+,13-/m0/s1. The van der Waals surface area contributed by atoms with E-state index in [0.29, 0.717) is 0 Å². The molecule has 5 nitrogen and oxygen atoms in total. The molecule has 106 valence electrons. The van der Waals surface area contributed by atoms with Crippen molar-refractivity contribution < 1.29 is 18.6 Å². The minimum atomic E-state index is -3.67. The SMILES string of the molecule is Cc1ccc(S(=O)(=O)N2C[C@H](O)C[C@H]2[C@H](C)O)cc1. The molecule has 0 unspecified atom stereocenters. The largest absolute Gasteiger partial charge is 0.392 e. The molecular weight excluding hydrogens is 266 g/mol. The van der Waals surface area contributed by atoms with Gasteiger partial charge in [-0.05, 0) is 32.4 Å². The van der Waals surface area contributed by atoms with E-state index in [0.717, 1.165) is 5.56 Å². The molecule has 1 fully saturated rings. The Morgan fingerprint density at radius 2 is 1.89 bits per heavy atom. The predicted molar refractivity (Wildman–Crippen MR) is 71.2 cm³/mol. The van der Waals surface area contributed by atoms with Crippen molar-refractivity contribution in [3.63, 3.8) is 0 Å². The van der Waals surface area contributed by atoms with E-state index in [4.69, 9.17) is 0 Å². The summed E-state index contributed by atoms with van der Waals surface area (Å²) in [6.07, 6.45) is -1.26. The lowest BCUT2D eigenvalue weighted by Gasteiger charge is -2.25. The van der Waals surface area contributed by atoms with Gasteiger partial charge in [0.25, 0.3) is 0 Å². The highest BCUT2D eigenvalue weighted by atomic mass is 32.2. The summed E-state index contributed by atoms with van der Waals surface area (Å²) in [6.45, 7) is 3.46. The van der Waals surface area contributed by atoms with Crippen LogP contribution in [0.2, 0.25) is 0 Å². The maximum atomic E-state index is 12.5. The van der Waals surface area contributed by atoms with Crippen LogP contribution in [0, 0.1) is 6.92 Å². The lowest BCUT2D eigenvalue weighted by atomic mass is 10.1. The summed E-state index contributed by atoms with van der Waals surface area (Å²) in [7, 11) is -3.67. The highest BCUT2D eigenvalue weighted by Gasteiger charge is 2.41. The van der Waals surface area contributed by atoms with E-state index >= 15 is 0 Å². The third kappa shape index (κ3) is 2.81. The van der Waals surface area contributed by atoms with Crippen molar-refractivity contribution >= 4 is 10.0 Å². The second-order valence-corrected chi connectivity index (χ2v) is 6.98. The number of benzene rings is 1. The Bertz CT molecular complexity index is 538. The molecule has 1 heterocycles. The van der Waals surface area contributed by atoms with E-state index in [1.165, 1.54) is 4.31 Å². The fraction of sp³-hybridized carbons (Fsp3) is 0.538. The number of aliphatic hydroxyl groups is 2. The van der Waals surface area contributed by atoms with Crippen LogP contribution in [0.3, 0.4) is 0 Å². The first-order chi connectivity index (χ1) is 8.82. The Morgan fingerprint density at radius 1 is 1.32 bits per heavy atom. The molecule has 19 heavy (non-hydrogen) atoms. The number of rotatable bonds is 3. The molecule has 0 amide bonds. The zero-order valence-corrected chi connectivity index (χ0v) is 11.8.